The fraction of sp³-hybridized carbons (Fsp3) is 0.107. The molecule has 1 atom stereocenters. The van der Waals surface area contributed by atoms with Gasteiger partial charge >= 0.3 is 0 Å². The second-order valence-corrected chi connectivity index (χ2v) is 10.9. The van der Waals surface area contributed by atoms with E-state index in [1.165, 1.54) is 26.2 Å². The first-order valence-electron chi connectivity index (χ1n) is 11.6. The second kappa shape index (κ2) is 9.97. The molecule has 1 aromatic heterocycles. The molecule has 0 radical (unpaired) electrons. The molecule has 1 unspecified atom stereocenters. The molecule has 188 valence electrons. The quantitative estimate of drug-likeness (QED) is 0.456. The highest BCUT2D eigenvalue weighted by molar-refractivity contribution is 7.89. The summed E-state index contributed by atoms with van der Waals surface area (Å²) in [6.45, 7) is 0. The summed E-state index contributed by atoms with van der Waals surface area (Å²) in [4.78, 5) is 21.3. The molecule has 0 bridgehead atoms. The van der Waals surface area contributed by atoms with Crippen LogP contribution in [0.15, 0.2) is 106 Å². The van der Waals surface area contributed by atoms with Gasteiger partial charge < -0.3 is 0 Å². The van der Waals surface area contributed by atoms with Gasteiger partial charge in [-0.15, -0.1) is 0 Å². The molecule has 0 spiro atoms. The fourth-order valence-corrected chi connectivity index (χ4v) is 4.92. The van der Waals surface area contributed by atoms with E-state index < -0.39 is 15.9 Å². The molecule has 0 saturated heterocycles. The molecular weight excluding hydrogens is 500 g/mol. The van der Waals surface area contributed by atoms with Gasteiger partial charge in [-0.25, -0.2) is 22.4 Å². The van der Waals surface area contributed by atoms with Gasteiger partial charge in [-0.3, -0.25) is 4.79 Å². The molecule has 5 rings (SSSR count). The van der Waals surface area contributed by atoms with E-state index in [1.807, 2.05) is 30.3 Å². The van der Waals surface area contributed by atoms with Crippen molar-refractivity contribution in [2.24, 2.45) is 15.9 Å². The van der Waals surface area contributed by atoms with Gasteiger partial charge in [0.25, 0.3) is 5.91 Å². The van der Waals surface area contributed by atoms with Crippen LogP contribution in [-0.2, 0) is 14.8 Å². The minimum Gasteiger partial charge on any atom is -0.271 e. The monoisotopic (exact) mass is 522 g/mol. The van der Waals surface area contributed by atoms with Gasteiger partial charge in [0, 0.05) is 31.4 Å². The maximum Gasteiger partial charge on any atom is 0.260 e. The number of aliphatic imine (C=N–C) groups is 2. The second-order valence-electron chi connectivity index (χ2n) is 8.73. The molecule has 1 amide bonds. The zero-order chi connectivity index (χ0) is 26.9. The molecule has 0 fully saturated rings. The predicted molar refractivity (Wildman–Crippen MR) is 145 cm³/mol. The van der Waals surface area contributed by atoms with Gasteiger partial charge in [-0.2, -0.15) is 15.4 Å². The number of para-hydroxylation sites is 1. The van der Waals surface area contributed by atoms with Crippen LogP contribution in [0.2, 0.25) is 0 Å². The first kappa shape index (κ1) is 25.0. The average molecular weight is 523 g/mol. The average Bonchev–Trinajstić information content (AvgIpc) is 3.36. The number of hydrogen-bond donors (Lipinski definition) is 0. The Morgan fingerprint density at radius 1 is 1.05 bits per heavy atom. The van der Waals surface area contributed by atoms with E-state index in [-0.39, 0.29) is 22.2 Å². The highest BCUT2D eigenvalue weighted by atomic mass is 32.2. The topological polar surface area (TPSA) is 121 Å². The molecule has 2 aromatic carbocycles. The van der Waals surface area contributed by atoms with Crippen molar-refractivity contribution >= 4 is 33.6 Å². The van der Waals surface area contributed by atoms with Crippen LogP contribution >= 0.6 is 0 Å². The number of hydrogen-bond acceptors (Lipinski definition) is 6. The van der Waals surface area contributed by atoms with Crippen molar-refractivity contribution < 1.29 is 13.2 Å². The van der Waals surface area contributed by atoms with Gasteiger partial charge in [-0.1, -0.05) is 48.6 Å². The van der Waals surface area contributed by atoms with Crippen molar-refractivity contribution in [2.45, 2.75) is 4.90 Å². The number of nitrogens with zero attached hydrogens (tertiary/aromatic N) is 6. The van der Waals surface area contributed by atoms with E-state index in [9.17, 15) is 18.5 Å². The van der Waals surface area contributed by atoms with E-state index in [1.54, 1.807) is 53.4 Å². The predicted octanol–water partition coefficient (Wildman–Crippen LogP) is 3.82. The van der Waals surface area contributed by atoms with Crippen LogP contribution in [0.4, 0.5) is 0 Å². The lowest BCUT2D eigenvalue weighted by molar-refractivity contribution is -0.118. The smallest absolute Gasteiger partial charge is 0.260 e. The van der Waals surface area contributed by atoms with Gasteiger partial charge in [0.05, 0.1) is 27.6 Å². The lowest BCUT2D eigenvalue weighted by atomic mass is 9.96. The number of sulfonamides is 1. The first-order chi connectivity index (χ1) is 18.3. The highest BCUT2D eigenvalue weighted by Gasteiger charge is 2.28. The van der Waals surface area contributed by atoms with Gasteiger partial charge in [-0.05, 0) is 36.4 Å². The van der Waals surface area contributed by atoms with E-state index in [0.29, 0.717) is 22.5 Å². The van der Waals surface area contributed by atoms with Crippen LogP contribution in [0, 0.1) is 17.2 Å². The molecule has 0 N–H and O–H groups in total. The molecule has 0 saturated carbocycles. The van der Waals surface area contributed by atoms with E-state index in [4.69, 9.17) is 5.10 Å². The summed E-state index contributed by atoms with van der Waals surface area (Å²) in [5, 5.41) is 14.7. The summed E-state index contributed by atoms with van der Waals surface area (Å²) in [5.74, 6) is -0.892. The maximum absolute atomic E-state index is 12.6. The number of nitriles is 1. The Balaban J connectivity index is 1.61. The third-order valence-electron chi connectivity index (χ3n) is 6.05. The summed E-state index contributed by atoms with van der Waals surface area (Å²) in [5.41, 5.74) is 3.17. The largest absolute Gasteiger partial charge is 0.271 e. The van der Waals surface area contributed by atoms with Crippen molar-refractivity contribution in [1.82, 2.24) is 14.1 Å². The van der Waals surface area contributed by atoms with Gasteiger partial charge in [0.2, 0.25) is 10.0 Å². The molecule has 38 heavy (non-hydrogen) atoms. The van der Waals surface area contributed by atoms with Crippen molar-refractivity contribution in [1.29, 1.82) is 5.26 Å². The molecule has 2 aliphatic rings. The lowest BCUT2D eigenvalue weighted by Crippen LogP contribution is -2.27. The molecular formula is C28H22N6O3S. The van der Waals surface area contributed by atoms with Gasteiger partial charge in [0.15, 0.2) is 5.84 Å². The van der Waals surface area contributed by atoms with Gasteiger partial charge in [0.1, 0.15) is 12.0 Å². The molecule has 10 heteroatoms. The number of allylic oxidation sites excluding steroid dienone is 3. The third-order valence-corrected chi connectivity index (χ3v) is 7.88. The molecule has 9 nitrogen and oxygen atoms in total. The minimum atomic E-state index is -3.60. The van der Waals surface area contributed by atoms with E-state index >= 15 is 0 Å². The zero-order valence-corrected chi connectivity index (χ0v) is 21.4. The number of benzene rings is 2. The Hall–Kier alpha value is -4.72. The number of carbonyl (C=O) groups excluding carboxylic acids is 1. The van der Waals surface area contributed by atoms with E-state index in [2.05, 4.69) is 16.1 Å². The Morgan fingerprint density at radius 2 is 1.79 bits per heavy atom. The molecule has 3 aromatic rings. The summed E-state index contributed by atoms with van der Waals surface area (Å²) in [7, 11) is -0.650. The third kappa shape index (κ3) is 4.68. The Morgan fingerprint density at radius 3 is 2.47 bits per heavy atom. The van der Waals surface area contributed by atoms with Crippen LogP contribution in [0.3, 0.4) is 0 Å². The number of fused-ring (bicyclic) bond motifs is 1. The molecule has 1 aliphatic carbocycles. The highest BCUT2D eigenvalue weighted by Crippen LogP contribution is 2.28. The zero-order valence-electron chi connectivity index (χ0n) is 20.6. The maximum atomic E-state index is 12.6. The first-order valence-corrected chi connectivity index (χ1v) is 13.1. The van der Waals surface area contributed by atoms with E-state index in [0.717, 1.165) is 9.99 Å². The normalized spacial score (nSPS) is 17.2. The van der Waals surface area contributed by atoms with Crippen molar-refractivity contribution in [3.8, 4) is 23.0 Å². The number of rotatable bonds is 6. The molecule has 1 aliphatic heterocycles. The van der Waals surface area contributed by atoms with Crippen molar-refractivity contribution in [2.75, 3.05) is 14.1 Å². The Kier molecular flexibility index (Phi) is 6.55. The van der Waals surface area contributed by atoms with Crippen molar-refractivity contribution in [3.63, 3.8) is 0 Å². The van der Waals surface area contributed by atoms with Crippen LogP contribution in [0.5, 0.6) is 0 Å². The summed E-state index contributed by atoms with van der Waals surface area (Å²) in [6.07, 6.45) is 10.3. The number of amidine groups is 1. The summed E-state index contributed by atoms with van der Waals surface area (Å²) in [6, 6.07) is 17.9. The molecule has 2 heterocycles. The standard InChI is InChI=1S/C28H22N6O3S/c1-33(2)38(36,37)23-14-12-19(13-15-23)26-21(18-34(32-26)22-8-4-3-5-9-22)16-20(17-29)27-30-25-11-7-6-10-24(25)28(35)31-27/h3-16,18,24H,1-2H3/b20-16-. The number of amides is 1. The Bertz CT molecular complexity index is 1720. The minimum absolute atomic E-state index is 0.0366. The van der Waals surface area contributed by atoms with Crippen molar-refractivity contribution in [3.05, 3.63) is 96.2 Å². The fourth-order valence-electron chi connectivity index (χ4n) is 4.02. The van der Waals surface area contributed by atoms with Crippen LogP contribution < -0.4 is 0 Å². The summed E-state index contributed by atoms with van der Waals surface area (Å²) >= 11 is 0. The van der Waals surface area contributed by atoms with Crippen LogP contribution in [0.25, 0.3) is 23.0 Å². The Labute approximate surface area is 220 Å². The SMILES string of the molecule is CN(C)S(=O)(=O)c1ccc(-c2nn(-c3ccccc3)cc2/C=C(/C#N)C2=NC(=O)C3C=CC=CC3=N2)cc1. The summed E-state index contributed by atoms with van der Waals surface area (Å²) < 4.78 is 27.9. The number of aromatic nitrogens is 2. The van der Waals surface area contributed by atoms with Crippen LogP contribution in [0.1, 0.15) is 5.56 Å². The number of carbonyl (C=O) groups is 1. The lowest BCUT2D eigenvalue weighted by Gasteiger charge is -2.17. The van der Waals surface area contributed by atoms with Crippen LogP contribution in [-0.4, -0.2) is 54.1 Å².